The number of rotatable bonds is 5. The number of aryl methyl sites for hydroxylation is 1. The fourth-order valence-corrected chi connectivity index (χ4v) is 3.61. The number of amides is 1. The van der Waals surface area contributed by atoms with Gasteiger partial charge in [0.25, 0.3) is 5.91 Å². The Morgan fingerprint density at radius 2 is 1.93 bits per heavy atom. The van der Waals surface area contributed by atoms with Crippen molar-refractivity contribution in [2.24, 2.45) is 7.05 Å². The van der Waals surface area contributed by atoms with Crippen LogP contribution in [0.15, 0.2) is 48.5 Å². The van der Waals surface area contributed by atoms with Crippen LogP contribution >= 0.6 is 0 Å². The number of benzene rings is 2. The van der Waals surface area contributed by atoms with Gasteiger partial charge in [0, 0.05) is 30.4 Å². The fraction of sp³-hybridized carbons (Fsp3) is 0.273. The van der Waals surface area contributed by atoms with Gasteiger partial charge in [-0.1, -0.05) is 12.1 Å². The van der Waals surface area contributed by atoms with E-state index >= 15 is 0 Å². The van der Waals surface area contributed by atoms with E-state index in [1.807, 2.05) is 69.4 Å². The van der Waals surface area contributed by atoms with Crippen LogP contribution in [0, 0.1) is 0 Å². The van der Waals surface area contributed by atoms with Gasteiger partial charge < -0.3 is 14.4 Å². The third-order valence-corrected chi connectivity index (χ3v) is 4.88. The molecular weight excluding hydrogens is 354 g/mol. The smallest absolute Gasteiger partial charge is 0.279 e. The van der Waals surface area contributed by atoms with E-state index < -0.39 is 0 Å². The Morgan fingerprint density at radius 1 is 1.18 bits per heavy atom. The van der Waals surface area contributed by atoms with Crippen molar-refractivity contribution >= 4 is 11.6 Å². The van der Waals surface area contributed by atoms with Gasteiger partial charge in [0.1, 0.15) is 18.1 Å². The molecule has 0 fully saturated rings. The highest BCUT2D eigenvalue weighted by molar-refractivity contribution is 6.06. The SMILES string of the molecule is CCOc1ccc(N(CC)C(=O)c2nn(C)c3c2COc2ccccc2-3)cc1. The summed E-state index contributed by atoms with van der Waals surface area (Å²) in [5.41, 5.74) is 3.97. The van der Waals surface area contributed by atoms with Crippen molar-refractivity contribution in [3.8, 4) is 22.8 Å². The summed E-state index contributed by atoms with van der Waals surface area (Å²) in [5.74, 6) is 1.47. The van der Waals surface area contributed by atoms with Crippen LogP contribution in [0.4, 0.5) is 5.69 Å². The molecule has 0 N–H and O–H groups in total. The average Bonchev–Trinajstić information content (AvgIpc) is 3.07. The molecule has 0 saturated heterocycles. The molecule has 2 heterocycles. The quantitative estimate of drug-likeness (QED) is 0.673. The number of anilines is 1. The molecule has 3 aromatic rings. The van der Waals surface area contributed by atoms with Gasteiger partial charge in [0.05, 0.1) is 12.3 Å². The molecule has 2 aromatic carbocycles. The number of ether oxygens (including phenoxy) is 2. The topological polar surface area (TPSA) is 56.6 Å². The zero-order valence-corrected chi connectivity index (χ0v) is 16.3. The Bertz CT molecular complexity index is 1010. The molecule has 4 rings (SSSR count). The number of nitrogens with zero attached hydrogens (tertiary/aromatic N) is 3. The van der Waals surface area contributed by atoms with Gasteiger partial charge in [0.15, 0.2) is 5.69 Å². The van der Waals surface area contributed by atoms with E-state index in [9.17, 15) is 4.79 Å². The molecule has 1 aliphatic rings. The van der Waals surface area contributed by atoms with E-state index in [1.54, 1.807) is 9.58 Å². The summed E-state index contributed by atoms with van der Waals surface area (Å²) in [6.45, 7) is 5.38. The monoisotopic (exact) mass is 377 g/mol. The van der Waals surface area contributed by atoms with Gasteiger partial charge in [0.2, 0.25) is 0 Å². The number of hydrogen-bond acceptors (Lipinski definition) is 4. The Labute approximate surface area is 164 Å². The van der Waals surface area contributed by atoms with Crippen LogP contribution in [0.2, 0.25) is 0 Å². The summed E-state index contributed by atoms with van der Waals surface area (Å²) < 4.78 is 13.1. The molecule has 0 saturated carbocycles. The van der Waals surface area contributed by atoms with Crippen molar-refractivity contribution in [2.45, 2.75) is 20.5 Å². The highest BCUT2D eigenvalue weighted by atomic mass is 16.5. The summed E-state index contributed by atoms with van der Waals surface area (Å²) in [5, 5.41) is 4.55. The van der Waals surface area contributed by atoms with Gasteiger partial charge in [-0.15, -0.1) is 0 Å². The summed E-state index contributed by atoms with van der Waals surface area (Å²) in [6.07, 6.45) is 0. The zero-order valence-electron chi connectivity index (χ0n) is 16.3. The second kappa shape index (κ2) is 7.38. The number of carbonyl (C=O) groups is 1. The lowest BCUT2D eigenvalue weighted by atomic mass is 10.0. The standard InChI is InChI=1S/C22H23N3O3/c1-4-25(15-10-12-16(13-11-15)27-5-2)22(26)20-18-14-28-19-9-7-6-8-17(19)21(18)24(3)23-20/h6-13H,4-5,14H2,1-3H3. The molecule has 6 heteroatoms. The Kier molecular flexibility index (Phi) is 4.77. The summed E-state index contributed by atoms with van der Waals surface area (Å²) in [6, 6.07) is 15.4. The average molecular weight is 377 g/mol. The predicted octanol–water partition coefficient (Wildman–Crippen LogP) is 4.04. The summed E-state index contributed by atoms with van der Waals surface area (Å²) in [4.78, 5) is 15.1. The second-order valence-electron chi connectivity index (χ2n) is 6.56. The number of hydrogen-bond donors (Lipinski definition) is 0. The minimum Gasteiger partial charge on any atom is -0.494 e. The van der Waals surface area contributed by atoms with Crippen LogP contribution in [0.25, 0.3) is 11.3 Å². The number of fused-ring (bicyclic) bond motifs is 3. The number of para-hydroxylation sites is 1. The molecular formula is C22H23N3O3. The molecule has 0 atom stereocenters. The molecule has 0 radical (unpaired) electrons. The largest absolute Gasteiger partial charge is 0.494 e. The maximum atomic E-state index is 13.3. The lowest BCUT2D eigenvalue weighted by Gasteiger charge is -2.22. The Balaban J connectivity index is 1.70. The van der Waals surface area contributed by atoms with E-state index in [4.69, 9.17) is 9.47 Å². The molecule has 1 amide bonds. The number of aromatic nitrogens is 2. The molecule has 0 bridgehead atoms. The highest BCUT2D eigenvalue weighted by Crippen LogP contribution is 2.38. The van der Waals surface area contributed by atoms with Gasteiger partial charge in [-0.3, -0.25) is 9.48 Å². The van der Waals surface area contributed by atoms with E-state index in [0.29, 0.717) is 25.5 Å². The molecule has 6 nitrogen and oxygen atoms in total. The van der Waals surface area contributed by atoms with Crippen LogP contribution in [0.3, 0.4) is 0 Å². The lowest BCUT2D eigenvalue weighted by molar-refractivity contribution is 0.0980. The highest BCUT2D eigenvalue weighted by Gasteiger charge is 2.30. The van der Waals surface area contributed by atoms with Crippen molar-refractivity contribution in [1.82, 2.24) is 9.78 Å². The van der Waals surface area contributed by atoms with Crippen LogP contribution in [-0.4, -0.2) is 28.8 Å². The third-order valence-electron chi connectivity index (χ3n) is 4.88. The van der Waals surface area contributed by atoms with Gasteiger partial charge in [-0.05, 0) is 50.2 Å². The first-order chi connectivity index (χ1) is 13.6. The zero-order chi connectivity index (χ0) is 19.7. The minimum absolute atomic E-state index is 0.133. The Hall–Kier alpha value is -3.28. The first kappa shape index (κ1) is 18.1. The maximum absolute atomic E-state index is 13.3. The number of carbonyl (C=O) groups excluding carboxylic acids is 1. The van der Waals surface area contributed by atoms with E-state index in [1.165, 1.54) is 0 Å². The van der Waals surface area contributed by atoms with E-state index in [0.717, 1.165) is 34.0 Å². The minimum atomic E-state index is -0.133. The van der Waals surface area contributed by atoms with E-state index in [2.05, 4.69) is 5.10 Å². The van der Waals surface area contributed by atoms with E-state index in [-0.39, 0.29) is 5.91 Å². The fourth-order valence-electron chi connectivity index (χ4n) is 3.61. The Morgan fingerprint density at radius 3 is 2.64 bits per heavy atom. The third kappa shape index (κ3) is 3.01. The van der Waals surface area contributed by atoms with Crippen LogP contribution in [-0.2, 0) is 13.7 Å². The first-order valence-electron chi connectivity index (χ1n) is 9.46. The van der Waals surface area contributed by atoms with Gasteiger partial charge in [-0.2, -0.15) is 5.10 Å². The summed E-state index contributed by atoms with van der Waals surface area (Å²) >= 11 is 0. The molecule has 0 unspecified atom stereocenters. The van der Waals surface area contributed by atoms with Crippen LogP contribution in [0.5, 0.6) is 11.5 Å². The molecule has 1 aliphatic heterocycles. The van der Waals surface area contributed by atoms with Crippen molar-refractivity contribution in [2.75, 3.05) is 18.1 Å². The molecule has 1 aromatic heterocycles. The first-order valence-corrected chi connectivity index (χ1v) is 9.46. The summed E-state index contributed by atoms with van der Waals surface area (Å²) in [7, 11) is 1.87. The predicted molar refractivity (Wildman–Crippen MR) is 108 cm³/mol. The lowest BCUT2D eigenvalue weighted by Crippen LogP contribution is -2.32. The van der Waals surface area contributed by atoms with Crippen molar-refractivity contribution < 1.29 is 14.3 Å². The molecule has 0 spiro atoms. The van der Waals surface area contributed by atoms with Gasteiger partial charge >= 0.3 is 0 Å². The maximum Gasteiger partial charge on any atom is 0.279 e. The molecule has 0 aliphatic carbocycles. The van der Waals surface area contributed by atoms with Crippen molar-refractivity contribution in [3.63, 3.8) is 0 Å². The second-order valence-corrected chi connectivity index (χ2v) is 6.56. The van der Waals surface area contributed by atoms with Crippen molar-refractivity contribution in [1.29, 1.82) is 0 Å². The van der Waals surface area contributed by atoms with Crippen LogP contribution < -0.4 is 14.4 Å². The van der Waals surface area contributed by atoms with Crippen molar-refractivity contribution in [3.05, 3.63) is 59.8 Å². The molecule has 28 heavy (non-hydrogen) atoms. The molecule has 144 valence electrons. The van der Waals surface area contributed by atoms with Crippen LogP contribution in [0.1, 0.15) is 29.9 Å². The normalized spacial score (nSPS) is 12.0. The van der Waals surface area contributed by atoms with Gasteiger partial charge in [-0.25, -0.2) is 0 Å².